The fraction of sp³-hybridized carbons (Fsp3) is 0.889. The molecule has 0 aliphatic carbocycles. The van der Waals surface area contributed by atoms with Crippen molar-refractivity contribution >= 4 is 17.5 Å². The van der Waals surface area contributed by atoms with Crippen LogP contribution in [0.3, 0.4) is 0 Å². The second-order valence-corrected chi connectivity index (χ2v) is 3.92. The average molecular weight is 260 g/mol. The first-order valence-corrected chi connectivity index (χ1v) is 5.51. The minimum atomic E-state index is -4.32. The third-order valence-corrected chi connectivity index (χ3v) is 2.61. The van der Waals surface area contributed by atoms with Gasteiger partial charge in [0, 0.05) is 6.54 Å². The summed E-state index contributed by atoms with van der Waals surface area (Å²) >= 11 is 5.24. The summed E-state index contributed by atoms with van der Waals surface area (Å²) < 4.78 is 41.9. The first-order valence-electron chi connectivity index (χ1n) is 4.98. The standard InChI is InChI=1S/C9H13ClF3NO2/c10-4-8(15)14-5-6-2-1-3-7(16-6)9(11,12)13/h6-7H,1-5H2,(H,14,15). The van der Waals surface area contributed by atoms with Gasteiger partial charge in [0.2, 0.25) is 5.91 Å². The third kappa shape index (κ3) is 4.17. The first-order chi connectivity index (χ1) is 7.43. The van der Waals surface area contributed by atoms with Crippen LogP contribution in [0.2, 0.25) is 0 Å². The van der Waals surface area contributed by atoms with Crippen LogP contribution in [-0.4, -0.2) is 36.7 Å². The number of halogens is 4. The van der Waals surface area contributed by atoms with E-state index in [-0.39, 0.29) is 18.8 Å². The van der Waals surface area contributed by atoms with Gasteiger partial charge in [-0.3, -0.25) is 4.79 Å². The summed E-state index contributed by atoms with van der Waals surface area (Å²) in [4.78, 5) is 10.8. The number of carbonyl (C=O) groups is 1. The lowest BCUT2D eigenvalue weighted by molar-refractivity contribution is -0.244. The van der Waals surface area contributed by atoms with Crippen LogP contribution >= 0.6 is 11.6 Å². The molecule has 7 heteroatoms. The molecule has 1 rings (SSSR count). The second kappa shape index (κ2) is 5.72. The van der Waals surface area contributed by atoms with Crippen LogP contribution in [0.1, 0.15) is 19.3 Å². The molecule has 94 valence electrons. The Kier molecular flexibility index (Phi) is 4.86. The number of hydrogen-bond donors (Lipinski definition) is 1. The lowest BCUT2D eigenvalue weighted by Gasteiger charge is -2.31. The smallest absolute Gasteiger partial charge is 0.364 e. The Balaban J connectivity index is 2.36. The van der Waals surface area contributed by atoms with Crippen molar-refractivity contribution in [2.75, 3.05) is 12.4 Å². The fourth-order valence-corrected chi connectivity index (χ4v) is 1.66. The number of hydrogen-bond acceptors (Lipinski definition) is 2. The van der Waals surface area contributed by atoms with Crippen molar-refractivity contribution in [3.8, 4) is 0 Å². The Morgan fingerprint density at radius 2 is 2.12 bits per heavy atom. The number of amides is 1. The molecule has 0 aromatic heterocycles. The molecule has 0 bridgehead atoms. The molecule has 1 N–H and O–H groups in total. The molecule has 1 aliphatic rings. The summed E-state index contributed by atoms with van der Waals surface area (Å²) in [7, 11) is 0. The van der Waals surface area contributed by atoms with E-state index in [9.17, 15) is 18.0 Å². The number of ether oxygens (including phenoxy) is 1. The van der Waals surface area contributed by atoms with E-state index in [2.05, 4.69) is 5.32 Å². The van der Waals surface area contributed by atoms with Crippen molar-refractivity contribution in [3.05, 3.63) is 0 Å². The predicted molar refractivity (Wildman–Crippen MR) is 52.3 cm³/mol. The zero-order valence-corrected chi connectivity index (χ0v) is 9.27. The number of rotatable bonds is 3. The second-order valence-electron chi connectivity index (χ2n) is 3.66. The molecule has 0 radical (unpaired) electrons. The molecule has 1 fully saturated rings. The van der Waals surface area contributed by atoms with E-state index >= 15 is 0 Å². The quantitative estimate of drug-likeness (QED) is 0.786. The molecule has 1 saturated heterocycles. The van der Waals surface area contributed by atoms with E-state index in [1.165, 1.54) is 0 Å². The fourth-order valence-electron chi connectivity index (χ4n) is 1.57. The Morgan fingerprint density at radius 3 is 2.69 bits per heavy atom. The molecule has 2 atom stereocenters. The van der Waals surface area contributed by atoms with E-state index < -0.39 is 24.3 Å². The van der Waals surface area contributed by atoms with Gasteiger partial charge < -0.3 is 10.1 Å². The summed E-state index contributed by atoms with van der Waals surface area (Å²) in [6, 6.07) is 0. The topological polar surface area (TPSA) is 38.3 Å². The summed E-state index contributed by atoms with van der Waals surface area (Å²) in [5, 5.41) is 2.41. The largest absolute Gasteiger partial charge is 0.414 e. The maximum absolute atomic E-state index is 12.3. The van der Waals surface area contributed by atoms with Gasteiger partial charge >= 0.3 is 6.18 Å². The summed E-state index contributed by atoms with van der Waals surface area (Å²) in [5.74, 6) is -0.602. The predicted octanol–water partition coefficient (Wildman–Crippen LogP) is 1.84. The molecular weight excluding hydrogens is 247 g/mol. The number of alkyl halides is 4. The maximum Gasteiger partial charge on any atom is 0.414 e. The van der Waals surface area contributed by atoms with Gasteiger partial charge in [0.1, 0.15) is 5.88 Å². The van der Waals surface area contributed by atoms with Crippen molar-refractivity contribution in [2.45, 2.75) is 37.6 Å². The molecule has 0 spiro atoms. The highest BCUT2D eigenvalue weighted by molar-refractivity contribution is 6.27. The first kappa shape index (κ1) is 13.6. The van der Waals surface area contributed by atoms with Crippen LogP contribution < -0.4 is 5.32 Å². The Labute approximate surface area is 96.3 Å². The van der Waals surface area contributed by atoms with Gasteiger partial charge in [0.15, 0.2) is 6.10 Å². The highest BCUT2D eigenvalue weighted by atomic mass is 35.5. The summed E-state index contributed by atoms with van der Waals surface area (Å²) in [5.41, 5.74) is 0. The Bertz CT molecular complexity index is 247. The SMILES string of the molecule is O=C(CCl)NCC1CCCC(C(F)(F)F)O1. The van der Waals surface area contributed by atoms with Gasteiger partial charge in [-0.05, 0) is 19.3 Å². The van der Waals surface area contributed by atoms with Gasteiger partial charge in [-0.25, -0.2) is 0 Å². The molecule has 0 aromatic carbocycles. The molecule has 2 unspecified atom stereocenters. The lowest BCUT2D eigenvalue weighted by atomic mass is 10.0. The molecule has 1 heterocycles. The zero-order valence-electron chi connectivity index (χ0n) is 8.52. The minimum absolute atomic E-state index is 0.0105. The van der Waals surface area contributed by atoms with E-state index in [0.717, 1.165) is 0 Å². The van der Waals surface area contributed by atoms with Gasteiger partial charge in [-0.15, -0.1) is 11.6 Å². The zero-order chi connectivity index (χ0) is 12.2. The van der Waals surface area contributed by atoms with Crippen molar-refractivity contribution < 1.29 is 22.7 Å². The Hall–Kier alpha value is -0.490. The molecule has 16 heavy (non-hydrogen) atoms. The van der Waals surface area contributed by atoms with Crippen molar-refractivity contribution in [2.24, 2.45) is 0 Å². The van der Waals surface area contributed by atoms with Crippen LogP contribution in [0.4, 0.5) is 13.2 Å². The minimum Gasteiger partial charge on any atom is -0.364 e. The summed E-state index contributed by atoms with van der Waals surface area (Å²) in [6.45, 7) is 0.0815. The van der Waals surface area contributed by atoms with Crippen molar-refractivity contribution in [3.63, 3.8) is 0 Å². The number of carbonyl (C=O) groups excluding carboxylic acids is 1. The van der Waals surface area contributed by atoms with Gasteiger partial charge in [0.25, 0.3) is 0 Å². The van der Waals surface area contributed by atoms with E-state index in [1.807, 2.05) is 0 Å². The van der Waals surface area contributed by atoms with Gasteiger partial charge in [-0.2, -0.15) is 13.2 Å². The highest BCUT2D eigenvalue weighted by Crippen LogP contribution is 2.31. The molecular formula is C9H13ClF3NO2. The third-order valence-electron chi connectivity index (χ3n) is 2.36. The van der Waals surface area contributed by atoms with Crippen LogP contribution in [0.25, 0.3) is 0 Å². The van der Waals surface area contributed by atoms with E-state index in [1.54, 1.807) is 0 Å². The molecule has 3 nitrogen and oxygen atoms in total. The van der Waals surface area contributed by atoms with E-state index in [0.29, 0.717) is 12.8 Å². The monoisotopic (exact) mass is 259 g/mol. The molecule has 0 aromatic rings. The summed E-state index contributed by atoms with van der Waals surface area (Å²) in [6.07, 6.45) is -5.65. The van der Waals surface area contributed by atoms with Crippen molar-refractivity contribution in [1.29, 1.82) is 0 Å². The lowest BCUT2D eigenvalue weighted by Crippen LogP contribution is -2.43. The maximum atomic E-state index is 12.3. The Morgan fingerprint density at radius 1 is 1.44 bits per heavy atom. The molecule has 0 saturated carbocycles. The van der Waals surface area contributed by atoms with Crippen LogP contribution in [0.15, 0.2) is 0 Å². The molecule has 1 amide bonds. The van der Waals surface area contributed by atoms with Crippen molar-refractivity contribution in [1.82, 2.24) is 5.32 Å². The van der Waals surface area contributed by atoms with Crippen LogP contribution in [0, 0.1) is 0 Å². The van der Waals surface area contributed by atoms with Crippen LogP contribution in [0.5, 0.6) is 0 Å². The van der Waals surface area contributed by atoms with Crippen LogP contribution in [-0.2, 0) is 9.53 Å². The average Bonchev–Trinajstić information content (AvgIpc) is 2.25. The number of nitrogens with one attached hydrogen (secondary N) is 1. The normalized spacial score (nSPS) is 26.5. The highest BCUT2D eigenvalue weighted by Gasteiger charge is 2.43. The molecule has 1 aliphatic heterocycles. The van der Waals surface area contributed by atoms with Gasteiger partial charge in [-0.1, -0.05) is 0 Å². The van der Waals surface area contributed by atoms with E-state index in [4.69, 9.17) is 16.3 Å². The van der Waals surface area contributed by atoms with Gasteiger partial charge in [0.05, 0.1) is 6.10 Å².